The largest absolute Gasteiger partial charge is 0.335 e. The van der Waals surface area contributed by atoms with E-state index in [2.05, 4.69) is 11.4 Å². The molecule has 3 heteroatoms. The summed E-state index contributed by atoms with van der Waals surface area (Å²) in [5.41, 5.74) is 4.19. The molecule has 1 aromatic heterocycles. The van der Waals surface area contributed by atoms with Gasteiger partial charge in [0.25, 0.3) is 0 Å². The van der Waals surface area contributed by atoms with Gasteiger partial charge in [0.05, 0.1) is 11.4 Å². The quantitative estimate of drug-likeness (QED) is 0.715. The highest BCUT2D eigenvalue weighted by atomic mass is 16.2. The maximum Gasteiger partial charge on any atom is 0.244 e. The van der Waals surface area contributed by atoms with Crippen molar-refractivity contribution in [2.24, 2.45) is 0 Å². The highest BCUT2D eigenvalue weighted by Gasteiger charge is 2.18. The molecule has 1 aliphatic heterocycles. The maximum atomic E-state index is 11.7. The molecule has 3 nitrogen and oxygen atoms in total. The van der Waals surface area contributed by atoms with E-state index in [0.717, 1.165) is 22.6 Å². The van der Waals surface area contributed by atoms with E-state index in [1.807, 2.05) is 41.8 Å². The molecule has 0 aliphatic carbocycles. The predicted molar refractivity (Wildman–Crippen MR) is 63.2 cm³/mol. The monoisotopic (exact) mass is 212 g/mol. The van der Waals surface area contributed by atoms with Crippen LogP contribution >= 0.6 is 0 Å². The smallest absolute Gasteiger partial charge is 0.244 e. The molecule has 2 heterocycles. The number of hydrogen-bond acceptors (Lipinski definition) is 1. The maximum absolute atomic E-state index is 11.7. The van der Waals surface area contributed by atoms with Crippen molar-refractivity contribution in [3.8, 4) is 11.3 Å². The Bertz CT molecular complexity index is 569. The Morgan fingerprint density at radius 3 is 2.88 bits per heavy atom. The SMILES string of the molecule is Cc1ccc2n1CC(=O)Nc1ccccc1-2. The second-order valence-corrected chi connectivity index (χ2v) is 4.04. The Kier molecular flexibility index (Phi) is 1.86. The summed E-state index contributed by atoms with van der Waals surface area (Å²) in [6.45, 7) is 2.41. The number of rotatable bonds is 0. The second-order valence-electron chi connectivity index (χ2n) is 4.04. The van der Waals surface area contributed by atoms with Crippen LogP contribution in [0.4, 0.5) is 5.69 Å². The molecule has 80 valence electrons. The Labute approximate surface area is 93.7 Å². The fourth-order valence-corrected chi connectivity index (χ4v) is 2.16. The minimum atomic E-state index is 0.0329. The fourth-order valence-electron chi connectivity index (χ4n) is 2.16. The number of aryl methyl sites for hydroxylation is 1. The van der Waals surface area contributed by atoms with E-state index < -0.39 is 0 Å². The molecule has 0 fully saturated rings. The van der Waals surface area contributed by atoms with E-state index in [0.29, 0.717) is 6.54 Å². The molecule has 0 unspecified atom stereocenters. The van der Waals surface area contributed by atoms with E-state index in [-0.39, 0.29) is 5.91 Å². The van der Waals surface area contributed by atoms with Gasteiger partial charge in [0.15, 0.2) is 0 Å². The number of aromatic nitrogens is 1. The normalized spacial score (nSPS) is 13.7. The molecule has 1 aliphatic rings. The number of fused-ring (bicyclic) bond motifs is 3. The predicted octanol–water partition coefficient (Wildman–Crippen LogP) is 2.42. The molecule has 0 atom stereocenters. The van der Waals surface area contributed by atoms with Crippen LogP contribution in [0.15, 0.2) is 36.4 Å². The molecule has 1 aromatic carbocycles. The van der Waals surface area contributed by atoms with Crippen molar-refractivity contribution in [1.29, 1.82) is 0 Å². The molecular formula is C13H12N2O. The van der Waals surface area contributed by atoms with E-state index in [9.17, 15) is 4.79 Å². The zero-order valence-electron chi connectivity index (χ0n) is 9.03. The average molecular weight is 212 g/mol. The zero-order valence-corrected chi connectivity index (χ0v) is 9.03. The summed E-state index contributed by atoms with van der Waals surface area (Å²) in [6.07, 6.45) is 0. The van der Waals surface area contributed by atoms with Gasteiger partial charge in [0.1, 0.15) is 6.54 Å². The van der Waals surface area contributed by atoms with Gasteiger partial charge in [0, 0.05) is 11.3 Å². The van der Waals surface area contributed by atoms with E-state index in [4.69, 9.17) is 0 Å². The molecule has 0 spiro atoms. The van der Waals surface area contributed by atoms with Crippen LogP contribution in [0.3, 0.4) is 0 Å². The third-order valence-corrected chi connectivity index (χ3v) is 2.98. The molecule has 0 saturated carbocycles. The number of benzene rings is 1. The Hall–Kier alpha value is -2.03. The lowest BCUT2D eigenvalue weighted by Crippen LogP contribution is -2.16. The van der Waals surface area contributed by atoms with Crippen LogP contribution in [0.1, 0.15) is 5.69 Å². The van der Waals surface area contributed by atoms with Crippen molar-refractivity contribution in [1.82, 2.24) is 4.57 Å². The zero-order chi connectivity index (χ0) is 11.1. The van der Waals surface area contributed by atoms with E-state index in [1.54, 1.807) is 0 Å². The minimum Gasteiger partial charge on any atom is -0.335 e. The van der Waals surface area contributed by atoms with Gasteiger partial charge in [-0.1, -0.05) is 18.2 Å². The Morgan fingerprint density at radius 2 is 2.00 bits per heavy atom. The van der Waals surface area contributed by atoms with Gasteiger partial charge in [0.2, 0.25) is 5.91 Å². The van der Waals surface area contributed by atoms with Crippen LogP contribution < -0.4 is 5.32 Å². The van der Waals surface area contributed by atoms with Crippen LogP contribution in [-0.2, 0) is 11.3 Å². The average Bonchev–Trinajstić information content (AvgIpc) is 2.56. The summed E-state index contributed by atoms with van der Waals surface area (Å²) in [5.74, 6) is 0.0329. The number of hydrogen-bond donors (Lipinski definition) is 1. The van der Waals surface area contributed by atoms with Crippen LogP contribution in [-0.4, -0.2) is 10.5 Å². The number of carbonyl (C=O) groups excluding carboxylic acids is 1. The highest BCUT2D eigenvalue weighted by molar-refractivity contribution is 5.97. The highest BCUT2D eigenvalue weighted by Crippen LogP contribution is 2.31. The molecular weight excluding hydrogens is 200 g/mol. The third-order valence-electron chi connectivity index (χ3n) is 2.98. The summed E-state index contributed by atoms with van der Waals surface area (Å²) in [4.78, 5) is 11.7. The van der Waals surface area contributed by atoms with Gasteiger partial charge in [-0.2, -0.15) is 0 Å². The summed E-state index contributed by atoms with van der Waals surface area (Å²) in [5, 5.41) is 2.92. The van der Waals surface area contributed by atoms with Crippen LogP contribution in [0.25, 0.3) is 11.3 Å². The number of nitrogens with one attached hydrogen (secondary N) is 1. The van der Waals surface area contributed by atoms with Gasteiger partial charge in [-0.25, -0.2) is 0 Å². The van der Waals surface area contributed by atoms with Crippen molar-refractivity contribution in [2.75, 3.05) is 5.32 Å². The lowest BCUT2D eigenvalue weighted by atomic mass is 10.1. The van der Waals surface area contributed by atoms with Gasteiger partial charge in [-0.05, 0) is 25.1 Å². The van der Waals surface area contributed by atoms with Crippen molar-refractivity contribution < 1.29 is 4.79 Å². The molecule has 3 rings (SSSR count). The lowest BCUT2D eigenvalue weighted by Gasteiger charge is -2.06. The molecule has 1 N–H and O–H groups in total. The van der Waals surface area contributed by atoms with Crippen molar-refractivity contribution in [3.63, 3.8) is 0 Å². The first-order valence-electron chi connectivity index (χ1n) is 5.31. The van der Waals surface area contributed by atoms with Crippen molar-refractivity contribution in [3.05, 3.63) is 42.1 Å². The van der Waals surface area contributed by atoms with Gasteiger partial charge >= 0.3 is 0 Å². The number of para-hydroxylation sites is 1. The molecule has 1 amide bonds. The summed E-state index contributed by atoms with van der Waals surface area (Å²) in [6, 6.07) is 12.0. The van der Waals surface area contributed by atoms with Crippen LogP contribution in [0.5, 0.6) is 0 Å². The first kappa shape index (κ1) is 9.21. The first-order chi connectivity index (χ1) is 7.75. The molecule has 16 heavy (non-hydrogen) atoms. The number of carbonyl (C=O) groups is 1. The van der Waals surface area contributed by atoms with Crippen LogP contribution in [0, 0.1) is 6.92 Å². The van der Waals surface area contributed by atoms with Crippen LogP contribution in [0.2, 0.25) is 0 Å². The van der Waals surface area contributed by atoms with E-state index in [1.165, 1.54) is 0 Å². The first-order valence-corrected chi connectivity index (χ1v) is 5.31. The Balaban J connectivity index is 2.31. The minimum absolute atomic E-state index is 0.0329. The van der Waals surface area contributed by atoms with Crippen molar-refractivity contribution in [2.45, 2.75) is 13.5 Å². The molecule has 0 radical (unpaired) electrons. The van der Waals surface area contributed by atoms with E-state index >= 15 is 0 Å². The number of nitrogens with zero attached hydrogens (tertiary/aromatic N) is 1. The van der Waals surface area contributed by atoms with Gasteiger partial charge in [-0.15, -0.1) is 0 Å². The second kappa shape index (κ2) is 3.23. The topological polar surface area (TPSA) is 34.0 Å². The van der Waals surface area contributed by atoms with Gasteiger partial charge in [-0.3, -0.25) is 4.79 Å². The lowest BCUT2D eigenvalue weighted by molar-refractivity contribution is -0.116. The van der Waals surface area contributed by atoms with Crippen molar-refractivity contribution >= 4 is 11.6 Å². The Morgan fingerprint density at radius 1 is 1.19 bits per heavy atom. The summed E-state index contributed by atoms with van der Waals surface area (Å²) >= 11 is 0. The summed E-state index contributed by atoms with van der Waals surface area (Å²) in [7, 11) is 0. The molecule has 0 bridgehead atoms. The standard InChI is InChI=1S/C13H12N2O/c1-9-6-7-12-10-4-2-3-5-11(10)14-13(16)8-15(9)12/h2-7H,8H2,1H3,(H,14,16). The fraction of sp³-hybridized carbons (Fsp3) is 0.154. The molecule has 2 aromatic rings. The third kappa shape index (κ3) is 1.25. The number of anilines is 1. The molecule has 0 saturated heterocycles. The number of amides is 1. The van der Waals surface area contributed by atoms with Gasteiger partial charge < -0.3 is 9.88 Å². The summed E-state index contributed by atoms with van der Waals surface area (Å²) < 4.78 is 2.04.